The summed E-state index contributed by atoms with van der Waals surface area (Å²) in [6, 6.07) is 0. The first-order chi connectivity index (χ1) is 5.07. The minimum absolute atomic E-state index is 1.06. The van der Waals surface area contributed by atoms with E-state index < -0.39 is 0 Å². The molecule has 0 unspecified atom stereocenters. The summed E-state index contributed by atoms with van der Waals surface area (Å²) in [5.74, 6) is 0. The van der Waals surface area contributed by atoms with Gasteiger partial charge in [-0.15, -0.1) is 0 Å². The van der Waals surface area contributed by atoms with Crippen molar-refractivity contribution in [1.29, 1.82) is 0 Å². The molecule has 0 heterocycles. The first kappa shape index (κ1) is 9.96. The second-order valence-electron chi connectivity index (χ2n) is 2.70. The van der Waals surface area contributed by atoms with E-state index in [-0.39, 0.29) is 0 Å². The van der Waals surface area contributed by atoms with Crippen molar-refractivity contribution in [3.63, 3.8) is 0 Å². The number of rotatable bonds is 3. The summed E-state index contributed by atoms with van der Waals surface area (Å²) in [6.45, 7) is 13.6. The van der Waals surface area contributed by atoms with Gasteiger partial charge in [-0.2, -0.15) is 0 Å². The van der Waals surface area contributed by atoms with Crippen molar-refractivity contribution in [2.24, 2.45) is 0 Å². The normalized spacial score (nSPS) is 12.1. The zero-order valence-corrected chi connectivity index (χ0v) is 7.65. The van der Waals surface area contributed by atoms with Gasteiger partial charge in [-0.05, 0) is 26.3 Å². The smallest absolute Gasteiger partial charge is 0.0276 e. The van der Waals surface area contributed by atoms with E-state index in [0.717, 1.165) is 11.1 Å². The molecule has 0 bridgehead atoms. The molecule has 0 fully saturated rings. The number of allylic oxidation sites excluding steroid dienone is 6. The third-order valence-electron chi connectivity index (χ3n) is 1.35. The second-order valence-corrected chi connectivity index (χ2v) is 2.70. The molecule has 0 rings (SSSR count). The first-order valence-corrected chi connectivity index (χ1v) is 3.73. The highest BCUT2D eigenvalue weighted by Crippen LogP contribution is 2.08. The molecule has 0 N–H and O–H groups in total. The minimum Gasteiger partial charge on any atom is -0.0961 e. The monoisotopic (exact) mass is 148 g/mol. The van der Waals surface area contributed by atoms with Crippen molar-refractivity contribution in [3.05, 3.63) is 48.1 Å². The Morgan fingerprint density at radius 2 is 1.64 bits per heavy atom. The maximum atomic E-state index is 3.86. The lowest BCUT2D eigenvalue weighted by Crippen LogP contribution is -1.77. The van der Waals surface area contributed by atoms with Crippen LogP contribution in [-0.2, 0) is 0 Å². The molecule has 0 amide bonds. The van der Waals surface area contributed by atoms with E-state index in [4.69, 9.17) is 0 Å². The predicted octanol–water partition coefficient (Wildman–Crippen LogP) is 3.64. The van der Waals surface area contributed by atoms with Gasteiger partial charge in [0.2, 0.25) is 0 Å². The molecule has 0 aliphatic carbocycles. The lowest BCUT2D eigenvalue weighted by molar-refractivity contribution is 1.41. The molecule has 0 atom stereocenters. The van der Waals surface area contributed by atoms with Crippen LogP contribution >= 0.6 is 0 Å². The van der Waals surface area contributed by atoms with Crippen LogP contribution in [0.25, 0.3) is 0 Å². The van der Waals surface area contributed by atoms with Crippen LogP contribution in [0.1, 0.15) is 20.8 Å². The van der Waals surface area contributed by atoms with Gasteiger partial charge in [0.1, 0.15) is 0 Å². The maximum Gasteiger partial charge on any atom is -0.0276 e. The molecule has 0 aromatic heterocycles. The summed E-state index contributed by atoms with van der Waals surface area (Å²) >= 11 is 0. The summed E-state index contributed by atoms with van der Waals surface area (Å²) in [5.41, 5.74) is 3.32. The Bertz CT molecular complexity index is 214. The molecular weight excluding hydrogens is 132 g/mol. The third kappa shape index (κ3) is 4.38. The maximum absolute atomic E-state index is 3.86. The molecule has 0 aromatic carbocycles. The van der Waals surface area contributed by atoms with Gasteiger partial charge >= 0.3 is 0 Å². The average molecular weight is 148 g/mol. The number of hydrogen-bond donors (Lipinski definition) is 0. The van der Waals surface area contributed by atoms with Gasteiger partial charge in [-0.3, -0.25) is 0 Å². The fourth-order valence-corrected chi connectivity index (χ4v) is 0.717. The molecule has 0 aliphatic rings. The Morgan fingerprint density at radius 3 is 1.91 bits per heavy atom. The molecule has 11 heavy (non-hydrogen) atoms. The van der Waals surface area contributed by atoms with Crippen LogP contribution in [-0.4, -0.2) is 0 Å². The molecule has 0 aliphatic heterocycles. The van der Waals surface area contributed by atoms with Gasteiger partial charge in [0.25, 0.3) is 0 Å². The van der Waals surface area contributed by atoms with Crippen molar-refractivity contribution in [2.75, 3.05) is 0 Å². The van der Waals surface area contributed by atoms with Crippen molar-refractivity contribution >= 4 is 0 Å². The Morgan fingerprint density at radius 1 is 1.09 bits per heavy atom. The summed E-state index contributed by atoms with van der Waals surface area (Å²) in [5, 5.41) is 0. The van der Waals surface area contributed by atoms with Gasteiger partial charge in [-0.1, -0.05) is 42.5 Å². The molecule has 0 saturated heterocycles. The highest BCUT2D eigenvalue weighted by atomic mass is 13.9. The van der Waals surface area contributed by atoms with E-state index in [1.807, 2.05) is 39.0 Å². The Hall–Kier alpha value is -1.04. The van der Waals surface area contributed by atoms with E-state index in [2.05, 4.69) is 13.2 Å². The third-order valence-corrected chi connectivity index (χ3v) is 1.35. The molecule has 60 valence electrons. The minimum atomic E-state index is 1.06. The molecule has 0 aromatic rings. The number of hydrogen-bond acceptors (Lipinski definition) is 0. The molecule has 0 heteroatoms. The summed E-state index contributed by atoms with van der Waals surface area (Å²) in [7, 11) is 0. The van der Waals surface area contributed by atoms with Crippen LogP contribution in [0, 0.1) is 0 Å². The molecule has 0 spiro atoms. The van der Waals surface area contributed by atoms with Crippen molar-refractivity contribution in [1.82, 2.24) is 0 Å². The summed E-state index contributed by atoms with van der Waals surface area (Å²) in [6.07, 6.45) is 6.07. The van der Waals surface area contributed by atoms with Crippen molar-refractivity contribution < 1.29 is 0 Å². The zero-order valence-electron chi connectivity index (χ0n) is 7.65. The second kappa shape index (κ2) is 4.73. The lowest BCUT2D eigenvalue weighted by Gasteiger charge is -1.97. The molecule has 0 radical (unpaired) electrons. The fourth-order valence-electron chi connectivity index (χ4n) is 0.717. The highest BCUT2D eigenvalue weighted by molar-refractivity contribution is 5.38. The van der Waals surface area contributed by atoms with Gasteiger partial charge in [0, 0.05) is 0 Å². The Labute approximate surface area is 69.6 Å². The quantitative estimate of drug-likeness (QED) is 0.536. The van der Waals surface area contributed by atoms with Crippen LogP contribution in [0.5, 0.6) is 0 Å². The standard InChI is InChI=1S/C11H16/c1-6-11(10(4)5)8-7-9(2)3/h6-8H,2,4H2,1,3,5H3/b8-7-,11-6+. The van der Waals surface area contributed by atoms with Gasteiger partial charge in [0.05, 0.1) is 0 Å². The fraction of sp³-hybridized carbons (Fsp3) is 0.273. The highest BCUT2D eigenvalue weighted by Gasteiger charge is 1.88. The average Bonchev–Trinajstić information content (AvgIpc) is 1.87. The van der Waals surface area contributed by atoms with E-state index >= 15 is 0 Å². The van der Waals surface area contributed by atoms with E-state index in [1.54, 1.807) is 0 Å². The van der Waals surface area contributed by atoms with Gasteiger partial charge in [-0.25, -0.2) is 0 Å². The largest absolute Gasteiger partial charge is 0.0961 e. The van der Waals surface area contributed by atoms with Crippen molar-refractivity contribution in [3.8, 4) is 0 Å². The Kier molecular flexibility index (Phi) is 4.28. The van der Waals surface area contributed by atoms with Crippen LogP contribution in [0.3, 0.4) is 0 Å². The SMILES string of the molecule is C=C(C)/C=C\C(=C/C)C(=C)C. The van der Waals surface area contributed by atoms with Crippen molar-refractivity contribution in [2.45, 2.75) is 20.8 Å². The lowest BCUT2D eigenvalue weighted by atomic mass is 10.1. The summed E-state index contributed by atoms with van der Waals surface area (Å²) in [4.78, 5) is 0. The molecule has 0 nitrogen and oxygen atoms in total. The predicted molar refractivity (Wildman–Crippen MR) is 52.5 cm³/mol. The van der Waals surface area contributed by atoms with Gasteiger partial charge < -0.3 is 0 Å². The first-order valence-electron chi connectivity index (χ1n) is 3.73. The zero-order chi connectivity index (χ0) is 8.85. The summed E-state index contributed by atoms with van der Waals surface area (Å²) < 4.78 is 0. The van der Waals surface area contributed by atoms with Crippen LogP contribution in [0.15, 0.2) is 48.1 Å². The Balaban J connectivity index is 4.34. The van der Waals surface area contributed by atoms with Crippen LogP contribution < -0.4 is 0 Å². The van der Waals surface area contributed by atoms with E-state index in [0.29, 0.717) is 0 Å². The van der Waals surface area contributed by atoms with Crippen LogP contribution in [0.4, 0.5) is 0 Å². The molecular formula is C11H16. The van der Waals surface area contributed by atoms with Crippen LogP contribution in [0.2, 0.25) is 0 Å². The topological polar surface area (TPSA) is 0 Å². The van der Waals surface area contributed by atoms with E-state index in [9.17, 15) is 0 Å². The van der Waals surface area contributed by atoms with E-state index in [1.165, 1.54) is 5.57 Å². The van der Waals surface area contributed by atoms with Gasteiger partial charge in [0.15, 0.2) is 0 Å². The molecule has 0 saturated carbocycles.